The van der Waals surface area contributed by atoms with E-state index in [1.54, 1.807) is 4.90 Å². The molecule has 1 N–H and O–H groups in total. The molecule has 1 amide bonds. The third-order valence-corrected chi connectivity index (χ3v) is 3.72. The predicted molar refractivity (Wildman–Crippen MR) is 78.4 cm³/mol. The van der Waals surface area contributed by atoms with Crippen molar-refractivity contribution in [3.05, 3.63) is 28.3 Å². The van der Waals surface area contributed by atoms with Gasteiger partial charge in [-0.1, -0.05) is 5.92 Å². The molecule has 0 spiro atoms. The summed E-state index contributed by atoms with van der Waals surface area (Å²) in [6.07, 6.45) is 6.35. The molecule has 0 bridgehead atoms. The maximum atomic E-state index is 11.4. The molecule has 0 aliphatic carbocycles. The van der Waals surface area contributed by atoms with Crippen molar-refractivity contribution in [2.45, 2.75) is 25.4 Å². The van der Waals surface area contributed by atoms with Crippen molar-refractivity contribution in [2.75, 3.05) is 13.1 Å². The lowest BCUT2D eigenvalue weighted by Crippen LogP contribution is -2.48. The van der Waals surface area contributed by atoms with Crippen LogP contribution in [0.15, 0.2) is 18.2 Å². The van der Waals surface area contributed by atoms with E-state index in [1.807, 2.05) is 0 Å². The largest absolute Gasteiger partial charge is 0.508 e. The van der Waals surface area contributed by atoms with Crippen molar-refractivity contribution in [1.82, 2.24) is 4.90 Å². The molecule has 0 atom stereocenters. The number of carbonyl (C=O) groups is 1. The molecule has 1 aliphatic rings. The number of terminal acetylenes is 1. The van der Waals surface area contributed by atoms with Gasteiger partial charge in [-0.05, 0) is 12.1 Å². The standard InChI is InChI=1S/C15H16N2O5/c1-3-15(6-8-16(9-7-15)11(2)18)22-14-5-4-12(19)10-13(14)17(20)21/h1,4-5,10,19H,6-9H2,2H3. The number of ether oxygens (including phenoxy) is 1. The lowest BCUT2D eigenvalue weighted by atomic mass is 9.91. The van der Waals surface area contributed by atoms with E-state index >= 15 is 0 Å². The van der Waals surface area contributed by atoms with Crippen molar-refractivity contribution in [1.29, 1.82) is 0 Å². The Morgan fingerprint density at radius 2 is 2.14 bits per heavy atom. The van der Waals surface area contributed by atoms with Gasteiger partial charge in [-0.15, -0.1) is 6.42 Å². The van der Waals surface area contributed by atoms with E-state index in [2.05, 4.69) is 5.92 Å². The van der Waals surface area contributed by atoms with Crippen molar-refractivity contribution in [3.63, 3.8) is 0 Å². The third-order valence-electron chi connectivity index (χ3n) is 3.72. The molecule has 1 fully saturated rings. The molecular weight excluding hydrogens is 288 g/mol. The van der Waals surface area contributed by atoms with Crippen LogP contribution in [0.3, 0.4) is 0 Å². The summed E-state index contributed by atoms with van der Waals surface area (Å²) >= 11 is 0. The second kappa shape index (κ2) is 5.93. The van der Waals surface area contributed by atoms with Gasteiger partial charge in [0.05, 0.1) is 11.0 Å². The summed E-state index contributed by atoms with van der Waals surface area (Å²) in [5, 5.41) is 20.4. The predicted octanol–water partition coefficient (Wildman–Crippen LogP) is 1.69. The summed E-state index contributed by atoms with van der Waals surface area (Å²) in [7, 11) is 0. The van der Waals surface area contributed by atoms with Crippen LogP contribution in [0, 0.1) is 22.5 Å². The lowest BCUT2D eigenvalue weighted by molar-refractivity contribution is -0.386. The van der Waals surface area contributed by atoms with Crippen molar-refractivity contribution >= 4 is 11.6 Å². The first-order valence-corrected chi connectivity index (χ1v) is 6.76. The number of hydrogen-bond acceptors (Lipinski definition) is 5. The molecular formula is C15H16N2O5. The molecule has 22 heavy (non-hydrogen) atoms. The second-order valence-corrected chi connectivity index (χ2v) is 5.16. The van der Waals surface area contributed by atoms with Crippen LogP contribution in [0.2, 0.25) is 0 Å². The Morgan fingerprint density at radius 1 is 1.50 bits per heavy atom. The smallest absolute Gasteiger partial charge is 0.314 e. The van der Waals surface area contributed by atoms with Crippen molar-refractivity contribution in [3.8, 4) is 23.8 Å². The topological polar surface area (TPSA) is 92.9 Å². The first-order valence-electron chi connectivity index (χ1n) is 6.76. The average Bonchev–Trinajstić information content (AvgIpc) is 2.49. The molecule has 1 aromatic carbocycles. The maximum Gasteiger partial charge on any atom is 0.314 e. The summed E-state index contributed by atoms with van der Waals surface area (Å²) < 4.78 is 5.74. The molecule has 2 rings (SSSR count). The summed E-state index contributed by atoms with van der Waals surface area (Å²) in [6.45, 7) is 2.35. The van der Waals surface area contributed by atoms with Gasteiger partial charge in [-0.25, -0.2) is 0 Å². The zero-order valence-corrected chi connectivity index (χ0v) is 12.1. The molecule has 0 saturated carbocycles. The molecule has 1 aliphatic heterocycles. The van der Waals surface area contributed by atoms with Gasteiger partial charge in [0.15, 0.2) is 11.4 Å². The summed E-state index contributed by atoms with van der Waals surface area (Å²) in [5.41, 5.74) is -1.34. The number of piperidine rings is 1. The Balaban J connectivity index is 2.24. The van der Waals surface area contributed by atoms with Gasteiger partial charge in [-0.2, -0.15) is 0 Å². The molecule has 1 saturated heterocycles. The molecule has 116 valence electrons. The van der Waals surface area contributed by atoms with Crippen LogP contribution in [0.4, 0.5) is 5.69 Å². The van der Waals surface area contributed by atoms with Crippen LogP contribution in [0.25, 0.3) is 0 Å². The second-order valence-electron chi connectivity index (χ2n) is 5.16. The molecule has 1 aromatic rings. The number of benzene rings is 1. The Labute approximate surface area is 127 Å². The Hall–Kier alpha value is -2.75. The van der Waals surface area contributed by atoms with Crippen molar-refractivity contribution < 1.29 is 19.6 Å². The van der Waals surface area contributed by atoms with Crippen molar-refractivity contribution in [2.24, 2.45) is 0 Å². The minimum absolute atomic E-state index is 0.0111. The number of carbonyl (C=O) groups excluding carboxylic acids is 1. The monoisotopic (exact) mass is 304 g/mol. The highest BCUT2D eigenvalue weighted by Gasteiger charge is 2.37. The lowest BCUT2D eigenvalue weighted by Gasteiger charge is -2.38. The van der Waals surface area contributed by atoms with Gasteiger partial charge in [0.1, 0.15) is 5.75 Å². The van der Waals surface area contributed by atoms with E-state index < -0.39 is 10.5 Å². The summed E-state index contributed by atoms with van der Waals surface area (Å²) in [5.74, 6) is 2.31. The Bertz CT molecular complexity index is 642. The normalized spacial score (nSPS) is 16.6. The highest BCUT2D eigenvalue weighted by molar-refractivity contribution is 5.73. The highest BCUT2D eigenvalue weighted by Crippen LogP contribution is 2.36. The van der Waals surface area contributed by atoms with E-state index in [0.717, 1.165) is 6.07 Å². The number of phenolic OH excluding ortho intramolecular Hbond substituents is 1. The highest BCUT2D eigenvalue weighted by atomic mass is 16.6. The average molecular weight is 304 g/mol. The minimum Gasteiger partial charge on any atom is -0.508 e. The third kappa shape index (κ3) is 3.11. The minimum atomic E-state index is -0.992. The fraction of sp³-hybridized carbons (Fsp3) is 0.400. The number of nitro groups is 1. The van der Waals surface area contributed by atoms with Gasteiger partial charge in [0, 0.05) is 32.9 Å². The number of hydrogen-bond donors (Lipinski definition) is 1. The molecule has 0 unspecified atom stereocenters. The molecule has 0 radical (unpaired) electrons. The molecule has 7 nitrogen and oxygen atoms in total. The van der Waals surface area contributed by atoms with Gasteiger partial charge in [0.2, 0.25) is 5.91 Å². The first kappa shape index (κ1) is 15.6. The number of likely N-dealkylation sites (tertiary alicyclic amines) is 1. The van der Waals surface area contributed by atoms with E-state index in [1.165, 1.54) is 19.1 Å². The first-order chi connectivity index (χ1) is 10.4. The number of nitro benzene ring substituents is 1. The van der Waals surface area contributed by atoms with Gasteiger partial charge < -0.3 is 14.7 Å². The quantitative estimate of drug-likeness (QED) is 0.521. The van der Waals surface area contributed by atoms with Crippen LogP contribution >= 0.6 is 0 Å². The summed E-state index contributed by atoms with van der Waals surface area (Å²) in [4.78, 5) is 23.4. The maximum absolute atomic E-state index is 11.4. The zero-order valence-electron chi connectivity index (χ0n) is 12.1. The summed E-state index contributed by atoms with van der Waals surface area (Å²) in [6, 6.07) is 3.64. The van der Waals surface area contributed by atoms with Crippen LogP contribution in [0.5, 0.6) is 11.5 Å². The number of aromatic hydroxyl groups is 1. The molecule has 7 heteroatoms. The number of nitrogens with zero attached hydrogens (tertiary/aromatic N) is 2. The zero-order chi connectivity index (χ0) is 16.3. The van der Waals surface area contributed by atoms with Gasteiger partial charge in [0.25, 0.3) is 0 Å². The van der Waals surface area contributed by atoms with Crippen LogP contribution in [-0.2, 0) is 4.79 Å². The van der Waals surface area contributed by atoms with Crippen LogP contribution < -0.4 is 4.74 Å². The molecule has 1 heterocycles. The van der Waals surface area contributed by atoms with E-state index in [9.17, 15) is 20.0 Å². The molecule has 0 aromatic heterocycles. The van der Waals surface area contributed by atoms with Gasteiger partial charge >= 0.3 is 5.69 Å². The fourth-order valence-corrected chi connectivity index (χ4v) is 2.40. The number of amides is 1. The Kier molecular flexibility index (Phi) is 4.22. The van der Waals surface area contributed by atoms with E-state index in [0.29, 0.717) is 25.9 Å². The Morgan fingerprint density at radius 3 is 2.64 bits per heavy atom. The van der Waals surface area contributed by atoms with Crippen LogP contribution in [-0.4, -0.2) is 39.5 Å². The van der Waals surface area contributed by atoms with Gasteiger partial charge in [-0.3, -0.25) is 14.9 Å². The van der Waals surface area contributed by atoms with Crippen LogP contribution in [0.1, 0.15) is 19.8 Å². The van der Waals surface area contributed by atoms with E-state index in [4.69, 9.17) is 11.2 Å². The SMILES string of the molecule is C#CC1(Oc2ccc(O)cc2[N+](=O)[O-])CCN(C(C)=O)CC1. The number of phenols is 1. The number of rotatable bonds is 3. The fourth-order valence-electron chi connectivity index (χ4n) is 2.40. The van der Waals surface area contributed by atoms with E-state index in [-0.39, 0.29) is 23.1 Å².